The van der Waals surface area contributed by atoms with Crippen molar-refractivity contribution >= 4 is 0 Å². The molecule has 0 N–H and O–H groups in total. The average molecular weight is 290 g/mol. The SMILES string of the molecule is CCOCC12CCCOC1CCN(Cc1cccnc1)C2. The molecule has 1 aromatic heterocycles. The van der Waals surface area contributed by atoms with Crippen LogP contribution in [-0.2, 0) is 16.0 Å². The van der Waals surface area contributed by atoms with Crippen LogP contribution >= 0.6 is 0 Å². The average Bonchev–Trinajstić information content (AvgIpc) is 2.54. The Hall–Kier alpha value is -0.970. The van der Waals surface area contributed by atoms with Crippen LogP contribution in [0.2, 0.25) is 0 Å². The van der Waals surface area contributed by atoms with Crippen molar-refractivity contribution in [3.05, 3.63) is 30.1 Å². The van der Waals surface area contributed by atoms with Crippen LogP contribution in [0.1, 0.15) is 31.7 Å². The Labute approximate surface area is 127 Å². The van der Waals surface area contributed by atoms with Crippen molar-refractivity contribution in [2.45, 2.75) is 38.8 Å². The van der Waals surface area contributed by atoms with Gasteiger partial charge in [0.15, 0.2) is 0 Å². The first-order valence-corrected chi connectivity index (χ1v) is 8.13. The maximum absolute atomic E-state index is 6.06. The Kier molecular flexibility index (Phi) is 4.88. The molecule has 0 saturated carbocycles. The molecule has 2 atom stereocenters. The molecule has 1 aromatic rings. The van der Waals surface area contributed by atoms with Crippen molar-refractivity contribution in [3.63, 3.8) is 0 Å². The van der Waals surface area contributed by atoms with Gasteiger partial charge in [0.2, 0.25) is 0 Å². The largest absolute Gasteiger partial charge is 0.381 e. The third-order valence-electron chi connectivity index (χ3n) is 4.79. The summed E-state index contributed by atoms with van der Waals surface area (Å²) in [5.41, 5.74) is 1.48. The lowest BCUT2D eigenvalue weighted by Gasteiger charge is -2.50. The highest BCUT2D eigenvalue weighted by molar-refractivity contribution is 5.09. The lowest BCUT2D eigenvalue weighted by atomic mass is 9.73. The van der Waals surface area contributed by atoms with E-state index in [2.05, 4.69) is 22.9 Å². The maximum Gasteiger partial charge on any atom is 0.0677 e. The number of likely N-dealkylation sites (tertiary alicyclic amines) is 1. The molecule has 4 nitrogen and oxygen atoms in total. The van der Waals surface area contributed by atoms with Crippen LogP contribution in [0.4, 0.5) is 0 Å². The minimum atomic E-state index is 0.189. The van der Waals surface area contributed by atoms with Gasteiger partial charge in [0.05, 0.1) is 12.7 Å². The predicted molar refractivity (Wildman–Crippen MR) is 82.0 cm³/mol. The topological polar surface area (TPSA) is 34.6 Å². The standard InChI is InChI=1S/C17H26N2O2/c1-2-20-14-17-7-4-10-21-16(17)6-9-19(13-17)12-15-5-3-8-18-11-15/h3,5,8,11,16H,2,4,6-7,9-10,12-14H2,1H3. The van der Waals surface area contributed by atoms with Crippen LogP contribution in [0.15, 0.2) is 24.5 Å². The van der Waals surface area contributed by atoms with Gasteiger partial charge in [0.25, 0.3) is 0 Å². The molecular formula is C17H26N2O2. The number of ether oxygens (including phenoxy) is 2. The summed E-state index contributed by atoms with van der Waals surface area (Å²) in [5.74, 6) is 0. The van der Waals surface area contributed by atoms with Gasteiger partial charge in [-0.05, 0) is 37.8 Å². The predicted octanol–water partition coefficient (Wildman–Crippen LogP) is 2.49. The molecule has 2 aliphatic heterocycles. The number of rotatable bonds is 5. The Bertz CT molecular complexity index is 440. The van der Waals surface area contributed by atoms with Crippen LogP contribution in [0, 0.1) is 5.41 Å². The zero-order valence-corrected chi connectivity index (χ0v) is 13.0. The van der Waals surface area contributed by atoms with E-state index in [9.17, 15) is 0 Å². The summed E-state index contributed by atoms with van der Waals surface area (Å²) < 4.78 is 11.9. The van der Waals surface area contributed by atoms with Crippen molar-refractivity contribution in [2.75, 3.05) is 32.9 Å². The van der Waals surface area contributed by atoms with Gasteiger partial charge in [-0.15, -0.1) is 0 Å². The van der Waals surface area contributed by atoms with Crippen molar-refractivity contribution in [2.24, 2.45) is 5.41 Å². The van der Waals surface area contributed by atoms with E-state index in [1.165, 1.54) is 12.0 Å². The minimum absolute atomic E-state index is 0.189. The van der Waals surface area contributed by atoms with Crippen molar-refractivity contribution in [1.82, 2.24) is 9.88 Å². The van der Waals surface area contributed by atoms with E-state index in [0.29, 0.717) is 6.10 Å². The maximum atomic E-state index is 6.06. The van der Waals surface area contributed by atoms with Gasteiger partial charge < -0.3 is 9.47 Å². The number of aromatic nitrogens is 1. The molecule has 2 fully saturated rings. The zero-order chi connectivity index (χ0) is 14.5. The van der Waals surface area contributed by atoms with E-state index in [0.717, 1.165) is 52.3 Å². The molecule has 0 amide bonds. The first-order valence-electron chi connectivity index (χ1n) is 8.13. The van der Waals surface area contributed by atoms with E-state index >= 15 is 0 Å². The molecule has 2 saturated heterocycles. The van der Waals surface area contributed by atoms with Gasteiger partial charge in [-0.3, -0.25) is 9.88 Å². The van der Waals surface area contributed by atoms with Crippen LogP contribution in [0.3, 0.4) is 0 Å². The highest BCUT2D eigenvalue weighted by atomic mass is 16.5. The number of hydrogen-bond acceptors (Lipinski definition) is 4. The fourth-order valence-corrected chi connectivity index (χ4v) is 3.78. The fourth-order valence-electron chi connectivity index (χ4n) is 3.78. The summed E-state index contributed by atoms with van der Waals surface area (Å²) in [4.78, 5) is 6.77. The Morgan fingerprint density at radius 1 is 1.52 bits per heavy atom. The molecule has 2 unspecified atom stereocenters. The number of pyridine rings is 1. The van der Waals surface area contributed by atoms with Crippen LogP contribution in [0.5, 0.6) is 0 Å². The molecule has 2 aliphatic rings. The molecule has 3 heterocycles. The Balaban J connectivity index is 1.68. The van der Waals surface area contributed by atoms with Crippen molar-refractivity contribution in [1.29, 1.82) is 0 Å². The Morgan fingerprint density at radius 2 is 2.48 bits per heavy atom. The molecule has 3 rings (SSSR count). The second-order valence-electron chi connectivity index (χ2n) is 6.32. The van der Waals surface area contributed by atoms with Gasteiger partial charge in [-0.1, -0.05) is 6.07 Å². The van der Waals surface area contributed by atoms with E-state index < -0.39 is 0 Å². The van der Waals surface area contributed by atoms with E-state index in [1.54, 1.807) is 0 Å². The van der Waals surface area contributed by atoms with E-state index in [-0.39, 0.29) is 5.41 Å². The minimum Gasteiger partial charge on any atom is -0.381 e. The second-order valence-corrected chi connectivity index (χ2v) is 6.32. The first kappa shape index (κ1) is 14.9. The number of piperidine rings is 1. The number of hydrogen-bond donors (Lipinski definition) is 0. The smallest absolute Gasteiger partial charge is 0.0677 e. The zero-order valence-electron chi connectivity index (χ0n) is 13.0. The third-order valence-corrected chi connectivity index (χ3v) is 4.79. The van der Waals surface area contributed by atoms with Gasteiger partial charge in [-0.2, -0.15) is 0 Å². The normalized spacial score (nSPS) is 30.0. The lowest BCUT2D eigenvalue weighted by Crippen LogP contribution is -2.56. The van der Waals surface area contributed by atoms with Gasteiger partial charge in [0, 0.05) is 50.7 Å². The molecule has 0 spiro atoms. The highest BCUT2D eigenvalue weighted by Crippen LogP contribution is 2.40. The molecule has 0 bridgehead atoms. The van der Waals surface area contributed by atoms with E-state index in [1.807, 2.05) is 18.5 Å². The second kappa shape index (κ2) is 6.86. The summed E-state index contributed by atoms with van der Waals surface area (Å²) >= 11 is 0. The molecule has 4 heteroatoms. The molecule has 21 heavy (non-hydrogen) atoms. The third kappa shape index (κ3) is 3.44. The van der Waals surface area contributed by atoms with Crippen molar-refractivity contribution in [3.8, 4) is 0 Å². The molecule has 0 aliphatic carbocycles. The number of nitrogens with zero attached hydrogens (tertiary/aromatic N) is 2. The summed E-state index contributed by atoms with van der Waals surface area (Å²) in [6.45, 7) is 7.77. The molecule has 0 radical (unpaired) electrons. The first-order chi connectivity index (χ1) is 10.3. The number of fused-ring (bicyclic) bond motifs is 1. The van der Waals surface area contributed by atoms with Gasteiger partial charge in [-0.25, -0.2) is 0 Å². The summed E-state index contributed by atoms with van der Waals surface area (Å²) in [6, 6.07) is 4.17. The molecular weight excluding hydrogens is 264 g/mol. The van der Waals surface area contributed by atoms with Crippen LogP contribution < -0.4 is 0 Å². The molecule has 0 aromatic carbocycles. The van der Waals surface area contributed by atoms with Gasteiger partial charge in [0.1, 0.15) is 0 Å². The lowest BCUT2D eigenvalue weighted by molar-refractivity contribution is -0.153. The Morgan fingerprint density at radius 3 is 3.29 bits per heavy atom. The van der Waals surface area contributed by atoms with E-state index in [4.69, 9.17) is 9.47 Å². The monoisotopic (exact) mass is 290 g/mol. The summed E-state index contributed by atoms with van der Waals surface area (Å²) in [7, 11) is 0. The van der Waals surface area contributed by atoms with Crippen LogP contribution in [-0.4, -0.2) is 48.9 Å². The summed E-state index contributed by atoms with van der Waals surface area (Å²) in [6.07, 6.45) is 7.68. The van der Waals surface area contributed by atoms with Gasteiger partial charge >= 0.3 is 0 Å². The van der Waals surface area contributed by atoms with Crippen molar-refractivity contribution < 1.29 is 9.47 Å². The highest BCUT2D eigenvalue weighted by Gasteiger charge is 2.45. The van der Waals surface area contributed by atoms with Crippen LogP contribution in [0.25, 0.3) is 0 Å². The summed E-state index contributed by atoms with van der Waals surface area (Å²) in [5, 5.41) is 0. The quantitative estimate of drug-likeness (QED) is 0.834. The molecule has 116 valence electrons. The fraction of sp³-hybridized carbons (Fsp3) is 0.706.